The van der Waals surface area contributed by atoms with Gasteiger partial charge in [-0.1, -0.05) is 38.8 Å². The molecule has 0 radical (unpaired) electrons. The molecular weight excluding hydrogens is 316 g/mol. The largest absolute Gasteiger partial charge is 0.478 e. The van der Waals surface area contributed by atoms with Gasteiger partial charge < -0.3 is 10.0 Å². The van der Waals surface area contributed by atoms with E-state index < -0.39 is 5.97 Å². The lowest BCUT2D eigenvalue weighted by molar-refractivity contribution is 0.0699. The van der Waals surface area contributed by atoms with Gasteiger partial charge in [0.05, 0.1) is 5.56 Å². The fourth-order valence-electron chi connectivity index (χ4n) is 2.63. The van der Waals surface area contributed by atoms with E-state index in [1.165, 1.54) is 43.9 Å². The quantitative estimate of drug-likeness (QED) is 0.655. The van der Waals surface area contributed by atoms with Crippen molar-refractivity contribution in [2.45, 2.75) is 52.9 Å². The van der Waals surface area contributed by atoms with Crippen molar-refractivity contribution in [1.29, 1.82) is 0 Å². The summed E-state index contributed by atoms with van der Waals surface area (Å²) in [6.45, 7) is 13.0. The summed E-state index contributed by atoms with van der Waals surface area (Å²) in [4.78, 5) is 13.0. The number of nitrogens with zero attached hydrogens (tertiary/aromatic N) is 3. The monoisotopic (exact) mass is 346 g/mol. The van der Waals surface area contributed by atoms with E-state index in [9.17, 15) is 4.79 Å². The zero-order chi connectivity index (χ0) is 18.7. The lowest BCUT2D eigenvalue weighted by Crippen LogP contribution is -2.21. The van der Waals surface area contributed by atoms with E-state index in [1.807, 2.05) is 0 Å². The standard InChI is InChI=1S/C12H25N.C7H5N3O2/c1-5-8-9-10-11-12(4)13(6-2)7-3;11-7(12)4-2-1-3-5-6(4)9-10-8-5/h4-11H2,1-3H3;1-3H,(H,11,12)(H,8,9,10). The topological polar surface area (TPSA) is 82.1 Å². The second-order valence-corrected chi connectivity index (χ2v) is 5.85. The Morgan fingerprint density at radius 1 is 1.16 bits per heavy atom. The number of aromatic carboxylic acids is 1. The molecule has 0 aliphatic heterocycles. The number of carboxylic acids is 1. The first-order valence-electron chi connectivity index (χ1n) is 9.00. The van der Waals surface area contributed by atoms with E-state index in [2.05, 4.69) is 47.7 Å². The van der Waals surface area contributed by atoms with Crippen molar-refractivity contribution in [2.24, 2.45) is 0 Å². The zero-order valence-corrected chi connectivity index (χ0v) is 15.6. The molecule has 0 bridgehead atoms. The summed E-state index contributed by atoms with van der Waals surface area (Å²) in [5, 5.41) is 18.6. The van der Waals surface area contributed by atoms with Gasteiger partial charge >= 0.3 is 5.97 Å². The zero-order valence-electron chi connectivity index (χ0n) is 15.6. The van der Waals surface area contributed by atoms with Crippen LogP contribution in [0.25, 0.3) is 11.0 Å². The number of allylic oxidation sites excluding steroid dienone is 1. The number of carbonyl (C=O) groups is 1. The van der Waals surface area contributed by atoms with Crippen LogP contribution >= 0.6 is 0 Å². The summed E-state index contributed by atoms with van der Waals surface area (Å²) < 4.78 is 0. The van der Waals surface area contributed by atoms with Crippen molar-refractivity contribution < 1.29 is 9.90 Å². The highest BCUT2D eigenvalue weighted by Crippen LogP contribution is 2.13. The molecule has 0 spiro atoms. The Bertz CT molecular complexity index is 662. The normalized spacial score (nSPS) is 10.2. The molecule has 0 fully saturated rings. The molecule has 0 saturated carbocycles. The lowest BCUT2D eigenvalue weighted by atomic mass is 10.1. The number of benzene rings is 1. The molecule has 138 valence electrons. The molecule has 0 saturated heterocycles. The smallest absolute Gasteiger partial charge is 0.338 e. The maximum Gasteiger partial charge on any atom is 0.338 e. The molecule has 1 heterocycles. The van der Waals surface area contributed by atoms with Gasteiger partial charge in [-0.05, 0) is 38.8 Å². The number of hydrogen-bond donors (Lipinski definition) is 2. The molecule has 0 unspecified atom stereocenters. The van der Waals surface area contributed by atoms with E-state index in [4.69, 9.17) is 5.11 Å². The van der Waals surface area contributed by atoms with Gasteiger partial charge in [0.15, 0.2) is 0 Å². The van der Waals surface area contributed by atoms with Gasteiger partial charge in [-0.15, -0.1) is 0 Å². The minimum atomic E-state index is -0.991. The summed E-state index contributed by atoms with van der Waals surface area (Å²) in [6.07, 6.45) is 6.53. The van der Waals surface area contributed by atoms with E-state index in [-0.39, 0.29) is 5.56 Å². The first kappa shape index (κ1) is 20.7. The SMILES string of the molecule is C=C(CCCCCC)N(CC)CC.O=C(O)c1cccc2n[nH]nc12. The Kier molecular flexibility index (Phi) is 9.29. The third kappa shape index (κ3) is 6.57. The van der Waals surface area contributed by atoms with Gasteiger partial charge in [0, 0.05) is 18.8 Å². The molecule has 0 aliphatic rings. The Morgan fingerprint density at radius 3 is 2.48 bits per heavy atom. The minimum absolute atomic E-state index is 0.168. The highest BCUT2D eigenvalue weighted by Gasteiger charge is 2.09. The van der Waals surface area contributed by atoms with E-state index >= 15 is 0 Å². The van der Waals surface area contributed by atoms with Crippen molar-refractivity contribution in [2.75, 3.05) is 13.1 Å². The van der Waals surface area contributed by atoms with Crippen LogP contribution in [0.15, 0.2) is 30.5 Å². The highest BCUT2D eigenvalue weighted by molar-refractivity contribution is 6.00. The van der Waals surface area contributed by atoms with Crippen LogP contribution in [0.5, 0.6) is 0 Å². The number of nitrogens with one attached hydrogen (secondary N) is 1. The Hall–Kier alpha value is -2.37. The van der Waals surface area contributed by atoms with E-state index in [0.29, 0.717) is 11.0 Å². The summed E-state index contributed by atoms with van der Waals surface area (Å²) in [7, 11) is 0. The van der Waals surface area contributed by atoms with Crippen LogP contribution in [0.3, 0.4) is 0 Å². The van der Waals surface area contributed by atoms with Crippen molar-refractivity contribution in [3.8, 4) is 0 Å². The number of hydrogen-bond acceptors (Lipinski definition) is 4. The number of H-pyrrole nitrogens is 1. The predicted octanol–water partition coefficient (Wildman–Crippen LogP) is 4.47. The third-order valence-electron chi connectivity index (χ3n) is 4.11. The van der Waals surface area contributed by atoms with Gasteiger partial charge in [-0.25, -0.2) is 4.79 Å². The Balaban J connectivity index is 0.000000250. The molecule has 25 heavy (non-hydrogen) atoms. The molecule has 2 N–H and O–H groups in total. The van der Waals surface area contributed by atoms with Crippen LogP contribution in [0.4, 0.5) is 0 Å². The molecule has 0 atom stereocenters. The van der Waals surface area contributed by atoms with Crippen LogP contribution in [0.2, 0.25) is 0 Å². The molecule has 2 aromatic rings. The number of aromatic amines is 1. The van der Waals surface area contributed by atoms with Crippen LogP contribution in [0, 0.1) is 0 Å². The van der Waals surface area contributed by atoms with Crippen molar-refractivity contribution in [3.63, 3.8) is 0 Å². The van der Waals surface area contributed by atoms with E-state index in [1.54, 1.807) is 12.1 Å². The maximum atomic E-state index is 10.6. The number of para-hydroxylation sites is 1. The molecule has 1 aromatic heterocycles. The van der Waals surface area contributed by atoms with Gasteiger partial charge in [-0.3, -0.25) is 0 Å². The fraction of sp³-hybridized carbons (Fsp3) is 0.526. The first-order valence-corrected chi connectivity index (χ1v) is 9.00. The molecule has 0 aliphatic carbocycles. The molecule has 6 nitrogen and oxygen atoms in total. The maximum absolute atomic E-state index is 10.6. The van der Waals surface area contributed by atoms with Crippen LogP contribution in [-0.4, -0.2) is 44.5 Å². The van der Waals surface area contributed by atoms with Gasteiger partial charge in [0.25, 0.3) is 0 Å². The summed E-state index contributed by atoms with van der Waals surface area (Å²) >= 11 is 0. The number of fused-ring (bicyclic) bond motifs is 1. The number of unbranched alkanes of at least 4 members (excludes halogenated alkanes) is 3. The second kappa shape index (κ2) is 11.2. The molecular formula is C19H30N4O2. The molecule has 6 heteroatoms. The predicted molar refractivity (Wildman–Crippen MR) is 102 cm³/mol. The van der Waals surface area contributed by atoms with Gasteiger partial charge in [0.1, 0.15) is 11.0 Å². The summed E-state index contributed by atoms with van der Waals surface area (Å²) in [5.74, 6) is -0.991. The average Bonchev–Trinajstić information content (AvgIpc) is 3.09. The lowest BCUT2D eigenvalue weighted by Gasteiger charge is -2.23. The fourth-order valence-corrected chi connectivity index (χ4v) is 2.63. The van der Waals surface area contributed by atoms with Crippen LogP contribution in [-0.2, 0) is 0 Å². The number of aromatic nitrogens is 3. The molecule has 2 rings (SSSR count). The van der Waals surface area contributed by atoms with Gasteiger partial charge in [-0.2, -0.15) is 15.4 Å². The van der Waals surface area contributed by atoms with Crippen molar-refractivity contribution in [3.05, 3.63) is 36.0 Å². The Morgan fingerprint density at radius 2 is 1.88 bits per heavy atom. The van der Waals surface area contributed by atoms with E-state index in [0.717, 1.165) is 13.1 Å². The highest BCUT2D eigenvalue weighted by atomic mass is 16.4. The molecule has 1 aromatic carbocycles. The Labute approximate surface area is 149 Å². The van der Waals surface area contributed by atoms with Crippen LogP contribution in [0.1, 0.15) is 63.2 Å². The second-order valence-electron chi connectivity index (χ2n) is 5.85. The minimum Gasteiger partial charge on any atom is -0.478 e. The first-order chi connectivity index (χ1) is 12.0. The van der Waals surface area contributed by atoms with Gasteiger partial charge in [0.2, 0.25) is 0 Å². The van der Waals surface area contributed by atoms with Crippen molar-refractivity contribution >= 4 is 17.0 Å². The average molecular weight is 346 g/mol. The van der Waals surface area contributed by atoms with Crippen molar-refractivity contribution in [1.82, 2.24) is 20.3 Å². The summed E-state index contributed by atoms with van der Waals surface area (Å²) in [6, 6.07) is 4.83. The number of carboxylic acid groups (broad SMARTS) is 1. The third-order valence-corrected chi connectivity index (χ3v) is 4.11. The van der Waals surface area contributed by atoms with Crippen LogP contribution < -0.4 is 0 Å². The molecule has 0 amide bonds. The summed E-state index contributed by atoms with van der Waals surface area (Å²) in [5.41, 5.74) is 2.45. The number of rotatable bonds is 9.